The number of aryl methyl sites for hydroxylation is 1. The van der Waals surface area contributed by atoms with Crippen LogP contribution in [-0.2, 0) is 0 Å². The highest BCUT2D eigenvalue weighted by Gasteiger charge is 2.31. The summed E-state index contributed by atoms with van der Waals surface area (Å²) in [7, 11) is 0. The molecule has 1 saturated carbocycles. The Morgan fingerprint density at radius 1 is 1.32 bits per heavy atom. The Morgan fingerprint density at radius 3 is 2.63 bits per heavy atom. The lowest BCUT2D eigenvalue weighted by Gasteiger charge is -2.39. The van der Waals surface area contributed by atoms with Crippen molar-refractivity contribution in [1.82, 2.24) is 10.3 Å². The zero-order valence-electron chi connectivity index (χ0n) is 12.9. The molecule has 0 radical (unpaired) electrons. The lowest BCUT2D eigenvalue weighted by Crippen LogP contribution is -2.43. The van der Waals surface area contributed by atoms with E-state index in [2.05, 4.69) is 50.3 Å². The summed E-state index contributed by atoms with van der Waals surface area (Å²) in [5, 5.41) is 7.24. The monoisotopic (exact) mass is 280 g/mol. The van der Waals surface area contributed by atoms with Crippen LogP contribution in [0.5, 0.6) is 0 Å². The first-order valence-electron chi connectivity index (χ1n) is 7.65. The van der Waals surface area contributed by atoms with Crippen molar-refractivity contribution in [2.45, 2.75) is 66.0 Å². The van der Waals surface area contributed by atoms with Crippen LogP contribution < -0.4 is 5.32 Å². The van der Waals surface area contributed by atoms with Gasteiger partial charge >= 0.3 is 0 Å². The van der Waals surface area contributed by atoms with E-state index < -0.39 is 0 Å². The lowest BCUT2D eigenvalue weighted by molar-refractivity contribution is 0.161. The van der Waals surface area contributed by atoms with Gasteiger partial charge in [0.15, 0.2) is 0 Å². The van der Waals surface area contributed by atoms with E-state index in [1.165, 1.54) is 24.3 Å². The molecule has 1 aliphatic carbocycles. The number of aromatic nitrogens is 1. The summed E-state index contributed by atoms with van der Waals surface area (Å²) in [5.74, 6) is 2.45. The van der Waals surface area contributed by atoms with Crippen LogP contribution in [0.1, 0.15) is 63.7 Å². The molecule has 0 amide bonds. The zero-order valence-corrected chi connectivity index (χ0v) is 13.8. The van der Waals surface area contributed by atoms with Gasteiger partial charge in [-0.25, -0.2) is 4.98 Å². The summed E-state index contributed by atoms with van der Waals surface area (Å²) >= 11 is 1.78. The predicted octanol–water partition coefficient (Wildman–Crippen LogP) is 4.56. The molecule has 1 aromatic rings. The van der Waals surface area contributed by atoms with Crippen LogP contribution in [0.3, 0.4) is 0 Å². The van der Waals surface area contributed by atoms with E-state index in [1.807, 2.05) is 0 Å². The van der Waals surface area contributed by atoms with Gasteiger partial charge < -0.3 is 5.32 Å². The Kier molecular flexibility index (Phi) is 5.02. The second-order valence-corrected chi connectivity index (χ2v) is 7.54. The second kappa shape index (κ2) is 6.36. The fourth-order valence-corrected chi connectivity index (χ4v) is 4.17. The van der Waals surface area contributed by atoms with Gasteiger partial charge in [-0.15, -0.1) is 11.3 Å². The van der Waals surface area contributed by atoms with Gasteiger partial charge in [-0.1, -0.05) is 27.2 Å². The Morgan fingerprint density at radius 2 is 2.05 bits per heavy atom. The molecule has 2 nitrogen and oxygen atoms in total. The van der Waals surface area contributed by atoms with Crippen molar-refractivity contribution in [2.24, 2.45) is 17.8 Å². The third-order valence-electron chi connectivity index (χ3n) is 4.49. The smallest absolute Gasteiger partial charge is 0.110 e. The topological polar surface area (TPSA) is 24.9 Å². The maximum absolute atomic E-state index is 4.62. The number of hydrogen-bond donors (Lipinski definition) is 1. The van der Waals surface area contributed by atoms with Gasteiger partial charge in [-0.3, -0.25) is 0 Å². The molecule has 19 heavy (non-hydrogen) atoms. The second-order valence-electron chi connectivity index (χ2n) is 6.65. The molecule has 0 bridgehead atoms. The zero-order chi connectivity index (χ0) is 14.0. The highest BCUT2D eigenvalue weighted by atomic mass is 32.1. The average Bonchev–Trinajstić information content (AvgIpc) is 2.75. The van der Waals surface area contributed by atoms with Gasteiger partial charge in [-0.05, 0) is 44.4 Å². The number of nitrogens with one attached hydrogen (secondary N) is 1. The Bertz CT molecular complexity index is 399. The molecule has 3 heteroatoms. The minimum atomic E-state index is 0.384. The quantitative estimate of drug-likeness (QED) is 0.874. The summed E-state index contributed by atoms with van der Waals surface area (Å²) in [5.41, 5.74) is 1.14. The Hall–Kier alpha value is -0.410. The highest BCUT2D eigenvalue weighted by Crippen LogP contribution is 2.34. The van der Waals surface area contributed by atoms with Crippen LogP contribution in [0.2, 0.25) is 0 Å². The van der Waals surface area contributed by atoms with Crippen LogP contribution >= 0.6 is 11.3 Å². The molecule has 1 aliphatic rings. The van der Waals surface area contributed by atoms with E-state index in [-0.39, 0.29) is 0 Å². The summed E-state index contributed by atoms with van der Waals surface area (Å²) < 4.78 is 0. The third-order valence-corrected chi connectivity index (χ3v) is 5.64. The molecule has 0 aromatic carbocycles. The average molecular weight is 280 g/mol. The van der Waals surface area contributed by atoms with Crippen molar-refractivity contribution in [3.63, 3.8) is 0 Å². The SMILES string of the molecule is Cc1csc(C(C)NC2CC(C)CCC2C(C)C)n1. The van der Waals surface area contributed by atoms with Crippen LogP contribution in [0.4, 0.5) is 0 Å². The third kappa shape index (κ3) is 3.79. The number of rotatable bonds is 4. The predicted molar refractivity (Wildman–Crippen MR) is 83.5 cm³/mol. The normalized spacial score (nSPS) is 29.7. The molecule has 4 unspecified atom stereocenters. The maximum Gasteiger partial charge on any atom is 0.110 e. The van der Waals surface area contributed by atoms with E-state index in [0.717, 1.165) is 23.4 Å². The van der Waals surface area contributed by atoms with Gasteiger partial charge in [0.05, 0.1) is 6.04 Å². The van der Waals surface area contributed by atoms with Crippen molar-refractivity contribution in [2.75, 3.05) is 0 Å². The maximum atomic E-state index is 4.62. The van der Waals surface area contributed by atoms with Crippen molar-refractivity contribution < 1.29 is 0 Å². The van der Waals surface area contributed by atoms with Crippen LogP contribution in [0.15, 0.2) is 5.38 Å². The number of thiazole rings is 1. The number of hydrogen-bond acceptors (Lipinski definition) is 3. The molecule has 0 aliphatic heterocycles. The fraction of sp³-hybridized carbons (Fsp3) is 0.812. The fourth-order valence-electron chi connectivity index (χ4n) is 3.36. The molecule has 0 spiro atoms. The molecule has 108 valence electrons. The van der Waals surface area contributed by atoms with Crippen LogP contribution in [0, 0.1) is 24.7 Å². The Balaban J connectivity index is 2.02. The Labute approximate surface area is 122 Å². The van der Waals surface area contributed by atoms with Gasteiger partial charge in [0.2, 0.25) is 0 Å². The molecule has 1 N–H and O–H groups in total. The van der Waals surface area contributed by atoms with Gasteiger partial charge in [-0.2, -0.15) is 0 Å². The van der Waals surface area contributed by atoms with E-state index in [0.29, 0.717) is 12.1 Å². The van der Waals surface area contributed by atoms with Gasteiger partial charge in [0.25, 0.3) is 0 Å². The highest BCUT2D eigenvalue weighted by molar-refractivity contribution is 7.09. The van der Waals surface area contributed by atoms with Crippen LogP contribution in [-0.4, -0.2) is 11.0 Å². The van der Waals surface area contributed by atoms with E-state index in [1.54, 1.807) is 11.3 Å². The van der Waals surface area contributed by atoms with Gasteiger partial charge in [0, 0.05) is 17.1 Å². The van der Waals surface area contributed by atoms with Crippen molar-refractivity contribution >= 4 is 11.3 Å². The largest absolute Gasteiger partial charge is 0.305 e. The summed E-state index contributed by atoms with van der Waals surface area (Å²) in [6.07, 6.45) is 4.09. The minimum Gasteiger partial charge on any atom is -0.305 e. The van der Waals surface area contributed by atoms with Crippen LogP contribution in [0.25, 0.3) is 0 Å². The summed E-state index contributed by atoms with van der Waals surface area (Å²) in [4.78, 5) is 4.62. The molecule has 0 saturated heterocycles. The lowest BCUT2D eigenvalue weighted by atomic mass is 9.74. The summed E-state index contributed by atoms with van der Waals surface area (Å²) in [6.45, 7) is 11.5. The number of nitrogens with zero attached hydrogens (tertiary/aromatic N) is 1. The van der Waals surface area contributed by atoms with E-state index in [9.17, 15) is 0 Å². The van der Waals surface area contributed by atoms with Gasteiger partial charge in [0.1, 0.15) is 5.01 Å². The summed E-state index contributed by atoms with van der Waals surface area (Å²) in [6, 6.07) is 1.04. The molecule has 1 aromatic heterocycles. The first-order valence-corrected chi connectivity index (χ1v) is 8.53. The molecule has 4 atom stereocenters. The minimum absolute atomic E-state index is 0.384. The molecule has 1 fully saturated rings. The van der Waals surface area contributed by atoms with E-state index >= 15 is 0 Å². The van der Waals surface area contributed by atoms with Crippen molar-refractivity contribution in [1.29, 1.82) is 0 Å². The first-order chi connectivity index (χ1) is 8.97. The molecule has 1 heterocycles. The van der Waals surface area contributed by atoms with Crippen molar-refractivity contribution in [3.05, 3.63) is 16.1 Å². The standard InChI is InChI=1S/C16H28N2S/c1-10(2)14-7-6-11(3)8-15(14)18-13(5)16-17-12(4)9-19-16/h9-11,13-15,18H,6-8H2,1-5H3. The van der Waals surface area contributed by atoms with Crippen molar-refractivity contribution in [3.8, 4) is 0 Å². The molecular weight excluding hydrogens is 252 g/mol. The molecule has 2 rings (SSSR count). The molecular formula is C16H28N2S. The van der Waals surface area contributed by atoms with E-state index in [4.69, 9.17) is 0 Å². The first kappa shape index (κ1) is 15.0.